The molecule has 3 N–H and O–H groups in total. The number of ether oxygens (including phenoxy) is 1. The number of benzene rings is 1. The van der Waals surface area contributed by atoms with E-state index in [0.717, 1.165) is 60.8 Å². The Morgan fingerprint density at radius 1 is 1.23 bits per heavy atom. The van der Waals surface area contributed by atoms with Gasteiger partial charge in [-0.1, -0.05) is 12.2 Å². The summed E-state index contributed by atoms with van der Waals surface area (Å²) in [6.45, 7) is 2.23. The second-order valence-corrected chi connectivity index (χ2v) is 9.53. The van der Waals surface area contributed by atoms with Gasteiger partial charge in [0.15, 0.2) is 5.11 Å². The summed E-state index contributed by atoms with van der Waals surface area (Å²) in [6, 6.07) is 8.09. The molecule has 2 bridgehead atoms. The number of methoxy groups -OCH3 is 1. The number of thiocarbonyl (C=S) groups is 1. The summed E-state index contributed by atoms with van der Waals surface area (Å²) < 4.78 is 5.20. The van der Waals surface area contributed by atoms with Crippen LogP contribution in [0.5, 0.6) is 5.75 Å². The molecule has 1 aromatic rings. The third-order valence-corrected chi connectivity index (χ3v) is 7.18. The van der Waals surface area contributed by atoms with Gasteiger partial charge in [0.2, 0.25) is 0 Å². The normalized spacial score (nSPS) is 25.5. The number of hydrogen-bond donors (Lipinski definition) is 3. The summed E-state index contributed by atoms with van der Waals surface area (Å²) in [7, 11) is 1.66. The number of anilines is 1. The Balaban J connectivity index is 1.45. The van der Waals surface area contributed by atoms with Crippen LogP contribution in [-0.4, -0.2) is 29.3 Å². The minimum Gasteiger partial charge on any atom is -0.497 e. The second kappa shape index (κ2) is 11.5. The summed E-state index contributed by atoms with van der Waals surface area (Å²) in [5.41, 5.74) is 0.955. The Hall–Kier alpha value is -2.08. The lowest BCUT2D eigenvalue weighted by Gasteiger charge is -2.33. The molecule has 0 spiro atoms. The van der Waals surface area contributed by atoms with Crippen molar-refractivity contribution in [3.63, 3.8) is 0 Å². The summed E-state index contributed by atoms with van der Waals surface area (Å²) in [4.78, 5) is 10.6. The minimum absolute atomic E-state index is 0.259. The number of fused-ring (bicyclic) bond motifs is 2. The van der Waals surface area contributed by atoms with Gasteiger partial charge in [-0.2, -0.15) is 0 Å². The molecule has 5 nitrogen and oxygen atoms in total. The topological polar surface area (TPSA) is 70.6 Å². The average Bonchev–Trinajstić information content (AvgIpc) is 3.33. The number of carbonyl (C=O) groups is 1. The molecule has 1 aromatic carbocycles. The maximum absolute atomic E-state index is 10.6. The molecular weight excluding hydrogens is 408 g/mol. The molecule has 0 aliphatic heterocycles. The number of hydrogen-bond acceptors (Lipinski definition) is 3. The zero-order chi connectivity index (χ0) is 22.2. The number of carboxylic acid groups (broad SMARTS) is 1. The maximum Gasteiger partial charge on any atom is 0.303 e. The lowest BCUT2D eigenvalue weighted by molar-refractivity contribution is -0.137. The summed E-state index contributed by atoms with van der Waals surface area (Å²) in [5.74, 6) is 3.33. The first-order valence-corrected chi connectivity index (χ1v) is 12.0. The highest BCUT2D eigenvalue weighted by molar-refractivity contribution is 7.80. The lowest BCUT2D eigenvalue weighted by Crippen LogP contribution is -2.38. The van der Waals surface area contributed by atoms with Crippen molar-refractivity contribution < 1.29 is 14.6 Å². The van der Waals surface area contributed by atoms with Gasteiger partial charge in [0.05, 0.1) is 7.11 Å². The first kappa shape index (κ1) is 23.6. The molecule has 6 heteroatoms. The van der Waals surface area contributed by atoms with E-state index in [9.17, 15) is 4.79 Å². The van der Waals surface area contributed by atoms with Crippen LogP contribution in [0, 0.1) is 23.7 Å². The van der Waals surface area contributed by atoms with Gasteiger partial charge >= 0.3 is 5.97 Å². The number of allylic oxidation sites excluding steroid dienone is 2. The van der Waals surface area contributed by atoms with Crippen molar-refractivity contribution >= 4 is 29.0 Å². The summed E-state index contributed by atoms with van der Waals surface area (Å²) >= 11 is 5.53. The van der Waals surface area contributed by atoms with Crippen LogP contribution in [0.1, 0.15) is 58.3 Å². The number of rotatable bonds is 11. The van der Waals surface area contributed by atoms with E-state index in [1.165, 1.54) is 19.3 Å². The Morgan fingerprint density at radius 3 is 2.61 bits per heavy atom. The zero-order valence-electron chi connectivity index (χ0n) is 18.7. The molecule has 0 radical (unpaired) electrons. The van der Waals surface area contributed by atoms with E-state index in [4.69, 9.17) is 22.1 Å². The second-order valence-electron chi connectivity index (χ2n) is 9.12. The fourth-order valence-electron chi connectivity index (χ4n) is 5.54. The Labute approximate surface area is 191 Å². The van der Waals surface area contributed by atoms with Gasteiger partial charge in [0.1, 0.15) is 5.75 Å². The molecule has 0 saturated heterocycles. The zero-order valence-corrected chi connectivity index (χ0v) is 19.5. The third kappa shape index (κ3) is 6.96. The predicted molar refractivity (Wildman–Crippen MR) is 129 cm³/mol. The quantitative estimate of drug-likeness (QED) is 0.234. The lowest BCUT2D eigenvalue weighted by atomic mass is 9.74. The fraction of sp³-hybridized carbons (Fsp3) is 0.600. The van der Waals surface area contributed by atoms with E-state index < -0.39 is 5.97 Å². The van der Waals surface area contributed by atoms with Gasteiger partial charge in [-0.15, -0.1) is 0 Å². The molecule has 5 atom stereocenters. The largest absolute Gasteiger partial charge is 0.497 e. The molecule has 0 aromatic heterocycles. The monoisotopic (exact) mass is 444 g/mol. The highest BCUT2D eigenvalue weighted by atomic mass is 32.1. The van der Waals surface area contributed by atoms with E-state index in [-0.39, 0.29) is 6.42 Å². The SMILES string of the molecule is COc1ccc(NC(=S)NC(C)CC2C3CCC(C3)C2C/C=C\CCCC(=O)O)cc1. The molecule has 170 valence electrons. The van der Waals surface area contributed by atoms with E-state index in [1.54, 1.807) is 7.11 Å². The standard InChI is InChI=1S/C25H36N2O3S/c1-17(26-25(31)27-20-11-13-21(30-2)14-12-20)15-23-19-10-9-18(16-19)22(23)7-5-3-4-6-8-24(28)29/h3,5,11-14,17-19,22-23H,4,6-10,15-16H2,1-2H3,(H,28,29)(H2,26,27,31)/b5-3-. The molecule has 0 heterocycles. The average molecular weight is 445 g/mol. The summed E-state index contributed by atoms with van der Waals surface area (Å²) in [6.07, 6.45) is 12.7. The van der Waals surface area contributed by atoms with Crippen LogP contribution in [0.2, 0.25) is 0 Å². The molecule has 2 fully saturated rings. The Bertz CT molecular complexity index is 765. The van der Waals surface area contributed by atoms with Gasteiger partial charge < -0.3 is 20.5 Å². The van der Waals surface area contributed by atoms with Crippen LogP contribution in [0.25, 0.3) is 0 Å². The van der Waals surface area contributed by atoms with Crippen molar-refractivity contribution in [2.45, 2.75) is 64.3 Å². The van der Waals surface area contributed by atoms with Crippen molar-refractivity contribution in [3.05, 3.63) is 36.4 Å². The van der Waals surface area contributed by atoms with Crippen LogP contribution in [0.15, 0.2) is 36.4 Å². The van der Waals surface area contributed by atoms with E-state index >= 15 is 0 Å². The van der Waals surface area contributed by atoms with Gasteiger partial charge in [-0.05, 0) is 112 Å². The first-order chi connectivity index (χ1) is 15.0. The number of carboxylic acids is 1. The van der Waals surface area contributed by atoms with Crippen LogP contribution >= 0.6 is 12.2 Å². The highest BCUT2D eigenvalue weighted by Gasteiger charge is 2.46. The molecule has 5 unspecified atom stereocenters. The molecule has 2 aliphatic rings. The highest BCUT2D eigenvalue weighted by Crippen LogP contribution is 2.55. The van der Waals surface area contributed by atoms with E-state index in [1.807, 2.05) is 24.3 Å². The van der Waals surface area contributed by atoms with Crippen LogP contribution in [-0.2, 0) is 4.79 Å². The molecule has 0 amide bonds. The van der Waals surface area contributed by atoms with Crippen molar-refractivity contribution in [1.82, 2.24) is 5.32 Å². The third-order valence-electron chi connectivity index (χ3n) is 6.96. The van der Waals surface area contributed by atoms with Crippen molar-refractivity contribution in [2.75, 3.05) is 12.4 Å². The molecule has 3 rings (SSSR count). The van der Waals surface area contributed by atoms with Gasteiger partial charge in [0, 0.05) is 18.2 Å². The van der Waals surface area contributed by atoms with Gasteiger partial charge in [-0.25, -0.2) is 0 Å². The smallest absolute Gasteiger partial charge is 0.303 e. The first-order valence-electron chi connectivity index (χ1n) is 11.5. The number of nitrogens with one attached hydrogen (secondary N) is 2. The Kier molecular flexibility index (Phi) is 8.76. The van der Waals surface area contributed by atoms with Gasteiger partial charge in [0.25, 0.3) is 0 Å². The van der Waals surface area contributed by atoms with Gasteiger partial charge in [-0.3, -0.25) is 4.79 Å². The van der Waals surface area contributed by atoms with E-state index in [2.05, 4.69) is 29.7 Å². The summed E-state index contributed by atoms with van der Waals surface area (Å²) in [5, 5.41) is 16.2. The number of aliphatic carboxylic acids is 1. The molecular formula is C25H36N2O3S. The predicted octanol–water partition coefficient (Wildman–Crippen LogP) is 5.62. The molecule has 31 heavy (non-hydrogen) atoms. The molecule has 2 aliphatic carbocycles. The molecule has 2 saturated carbocycles. The fourth-order valence-corrected chi connectivity index (χ4v) is 5.86. The van der Waals surface area contributed by atoms with Crippen LogP contribution < -0.4 is 15.4 Å². The van der Waals surface area contributed by atoms with E-state index in [0.29, 0.717) is 11.2 Å². The van der Waals surface area contributed by atoms with Crippen molar-refractivity contribution in [1.29, 1.82) is 0 Å². The van der Waals surface area contributed by atoms with Crippen molar-refractivity contribution in [3.8, 4) is 5.75 Å². The van der Waals surface area contributed by atoms with Crippen LogP contribution in [0.3, 0.4) is 0 Å². The van der Waals surface area contributed by atoms with Crippen molar-refractivity contribution in [2.24, 2.45) is 23.7 Å². The maximum atomic E-state index is 10.6. The number of unbranched alkanes of at least 4 members (excludes halogenated alkanes) is 1. The minimum atomic E-state index is -0.706. The van der Waals surface area contributed by atoms with Crippen LogP contribution in [0.4, 0.5) is 5.69 Å². The Morgan fingerprint density at radius 2 is 1.94 bits per heavy atom.